The lowest BCUT2D eigenvalue weighted by atomic mass is 10.1. The first kappa shape index (κ1) is 18.6. The third-order valence-corrected chi connectivity index (χ3v) is 3.64. The van der Waals surface area contributed by atoms with E-state index in [1.54, 1.807) is 0 Å². The Morgan fingerprint density at radius 2 is 2.40 bits per heavy atom. The molecule has 13 heteroatoms. The standard InChI is InChI=1S/C12H15FN6O6/c1-5(10(22)23)15-6-2-3-19(11(24)16-6)9-7(13)8(21)12(4-20,25-9)17-18-14/h2-3,5,7-9,20-21H,4H2,1H3,(H,22,23)(H,15,16,24)/t5?,7-,8?,9?,12+/m0/s1. The molecule has 12 nitrogen and oxygen atoms in total. The summed E-state index contributed by atoms with van der Waals surface area (Å²) in [4.78, 5) is 28.8. The van der Waals surface area contributed by atoms with Crippen molar-refractivity contribution in [2.24, 2.45) is 5.11 Å². The second-order valence-electron chi connectivity index (χ2n) is 5.30. The summed E-state index contributed by atoms with van der Waals surface area (Å²) in [5.41, 5.74) is 5.23. The molecule has 3 unspecified atom stereocenters. The number of carboxylic acids is 1. The molecule has 25 heavy (non-hydrogen) atoms. The van der Waals surface area contributed by atoms with Gasteiger partial charge in [0.25, 0.3) is 0 Å². The highest BCUT2D eigenvalue weighted by molar-refractivity contribution is 5.76. The third-order valence-electron chi connectivity index (χ3n) is 3.64. The molecule has 0 aromatic carbocycles. The van der Waals surface area contributed by atoms with Gasteiger partial charge in [-0.3, -0.25) is 9.36 Å². The normalized spacial score (nSPS) is 29.7. The third kappa shape index (κ3) is 3.39. The van der Waals surface area contributed by atoms with Gasteiger partial charge in [0.15, 0.2) is 12.4 Å². The predicted molar refractivity (Wildman–Crippen MR) is 79.2 cm³/mol. The molecular formula is C12H15FN6O6. The summed E-state index contributed by atoms with van der Waals surface area (Å²) in [5, 5.41) is 33.5. The maximum Gasteiger partial charge on any atom is 0.351 e. The molecule has 0 spiro atoms. The van der Waals surface area contributed by atoms with Crippen LogP contribution in [0.25, 0.3) is 10.4 Å². The first-order chi connectivity index (χ1) is 11.8. The summed E-state index contributed by atoms with van der Waals surface area (Å²) in [6, 6.07) is 0.184. The number of aliphatic hydroxyl groups is 2. The van der Waals surface area contributed by atoms with Crippen molar-refractivity contribution in [2.75, 3.05) is 11.9 Å². The van der Waals surface area contributed by atoms with Gasteiger partial charge in [-0.25, -0.2) is 9.18 Å². The van der Waals surface area contributed by atoms with Crippen LogP contribution in [-0.4, -0.2) is 61.5 Å². The molecule has 1 aliphatic heterocycles. The van der Waals surface area contributed by atoms with Crippen molar-refractivity contribution in [3.8, 4) is 0 Å². The van der Waals surface area contributed by atoms with E-state index < -0.39 is 48.5 Å². The van der Waals surface area contributed by atoms with E-state index in [1.807, 2.05) is 0 Å². The molecular weight excluding hydrogens is 343 g/mol. The van der Waals surface area contributed by atoms with Crippen LogP contribution in [0.4, 0.5) is 10.2 Å². The first-order valence-electron chi connectivity index (χ1n) is 7.01. The number of aromatic nitrogens is 2. The molecule has 0 amide bonds. The van der Waals surface area contributed by atoms with Crippen LogP contribution in [-0.2, 0) is 9.53 Å². The summed E-state index contributed by atoms with van der Waals surface area (Å²) < 4.78 is 20.1. The van der Waals surface area contributed by atoms with E-state index in [-0.39, 0.29) is 5.82 Å². The van der Waals surface area contributed by atoms with Crippen LogP contribution >= 0.6 is 0 Å². The van der Waals surface area contributed by atoms with Crippen LogP contribution in [0, 0.1) is 0 Å². The lowest BCUT2D eigenvalue weighted by molar-refractivity contribution is -0.137. The highest BCUT2D eigenvalue weighted by Crippen LogP contribution is 2.39. The van der Waals surface area contributed by atoms with Gasteiger partial charge in [-0.15, -0.1) is 0 Å². The number of azide groups is 1. The number of ether oxygens (including phenoxy) is 1. The number of rotatable bonds is 6. The highest BCUT2D eigenvalue weighted by Gasteiger charge is 2.56. The maximum absolute atomic E-state index is 14.3. The van der Waals surface area contributed by atoms with Gasteiger partial charge >= 0.3 is 11.7 Å². The van der Waals surface area contributed by atoms with E-state index in [9.17, 15) is 24.2 Å². The largest absolute Gasteiger partial charge is 0.480 e. The molecule has 2 rings (SSSR count). The van der Waals surface area contributed by atoms with E-state index in [4.69, 9.17) is 15.4 Å². The van der Waals surface area contributed by atoms with Crippen LogP contribution in [0.5, 0.6) is 0 Å². The zero-order valence-corrected chi connectivity index (χ0v) is 12.9. The average Bonchev–Trinajstić information content (AvgIpc) is 2.81. The Morgan fingerprint density at radius 3 is 2.92 bits per heavy atom. The minimum Gasteiger partial charge on any atom is -0.480 e. The van der Waals surface area contributed by atoms with Crippen molar-refractivity contribution in [1.82, 2.24) is 9.55 Å². The van der Waals surface area contributed by atoms with Gasteiger partial charge in [0.2, 0.25) is 5.72 Å². The Morgan fingerprint density at radius 1 is 1.72 bits per heavy atom. The van der Waals surface area contributed by atoms with E-state index in [0.717, 1.165) is 6.20 Å². The second-order valence-corrected chi connectivity index (χ2v) is 5.30. The molecule has 0 aliphatic carbocycles. The molecule has 2 heterocycles. The number of halogens is 1. The van der Waals surface area contributed by atoms with Crippen molar-refractivity contribution >= 4 is 11.8 Å². The quantitative estimate of drug-likeness (QED) is 0.294. The van der Waals surface area contributed by atoms with E-state index in [2.05, 4.69) is 20.3 Å². The number of nitrogens with zero attached hydrogens (tertiary/aromatic N) is 5. The highest BCUT2D eigenvalue weighted by atomic mass is 19.1. The molecule has 5 atom stereocenters. The van der Waals surface area contributed by atoms with Gasteiger partial charge in [0, 0.05) is 11.1 Å². The summed E-state index contributed by atoms with van der Waals surface area (Å²) >= 11 is 0. The maximum atomic E-state index is 14.3. The summed E-state index contributed by atoms with van der Waals surface area (Å²) in [6.07, 6.45) is -4.82. The summed E-state index contributed by atoms with van der Waals surface area (Å²) in [5.74, 6) is -1.23. The number of carboxylic acid groups (broad SMARTS) is 1. The fourth-order valence-corrected chi connectivity index (χ4v) is 2.25. The molecule has 1 fully saturated rings. The number of anilines is 1. The van der Waals surface area contributed by atoms with Crippen molar-refractivity contribution < 1.29 is 29.2 Å². The van der Waals surface area contributed by atoms with Crippen LogP contribution in [0.2, 0.25) is 0 Å². The second kappa shape index (κ2) is 7.03. The molecule has 1 aromatic heterocycles. The summed E-state index contributed by atoms with van der Waals surface area (Å²) in [6.45, 7) is 0.326. The SMILES string of the molecule is CC(Nc1ccn(C2O[C@@](CO)(N=[N+]=[N-])C(O)[C@@H]2F)c(=O)n1)C(=O)O. The van der Waals surface area contributed by atoms with E-state index >= 15 is 0 Å². The number of hydrogen-bond donors (Lipinski definition) is 4. The molecule has 136 valence electrons. The van der Waals surface area contributed by atoms with Crippen LogP contribution in [0.15, 0.2) is 22.2 Å². The van der Waals surface area contributed by atoms with Gasteiger partial charge in [-0.2, -0.15) is 4.98 Å². The van der Waals surface area contributed by atoms with Crippen LogP contribution in [0.1, 0.15) is 13.2 Å². The Bertz CT molecular complexity index is 767. The average molecular weight is 358 g/mol. The number of hydrogen-bond acceptors (Lipinski definition) is 8. The minimum absolute atomic E-state index is 0.0615. The lowest BCUT2D eigenvalue weighted by Gasteiger charge is -2.23. The van der Waals surface area contributed by atoms with Gasteiger partial charge in [-0.05, 0) is 18.5 Å². The Kier molecular flexibility index (Phi) is 5.23. The molecule has 0 saturated carbocycles. The van der Waals surface area contributed by atoms with Gasteiger partial charge in [-0.1, -0.05) is 5.11 Å². The molecule has 0 bridgehead atoms. The Hall–Kier alpha value is -2.73. The van der Waals surface area contributed by atoms with Gasteiger partial charge in [0.05, 0.1) is 6.61 Å². The minimum atomic E-state index is -2.27. The number of aliphatic hydroxyl groups excluding tert-OH is 2. The number of nitrogens with one attached hydrogen (secondary N) is 1. The van der Waals surface area contributed by atoms with Gasteiger partial charge in [0.1, 0.15) is 18.0 Å². The molecule has 4 N–H and O–H groups in total. The summed E-state index contributed by atoms with van der Waals surface area (Å²) in [7, 11) is 0. The van der Waals surface area contributed by atoms with Crippen LogP contribution < -0.4 is 11.0 Å². The lowest BCUT2D eigenvalue weighted by Crippen LogP contribution is -2.43. The molecule has 1 aliphatic rings. The van der Waals surface area contributed by atoms with Gasteiger partial charge < -0.3 is 25.4 Å². The molecule has 1 aromatic rings. The van der Waals surface area contributed by atoms with Crippen molar-refractivity contribution in [3.63, 3.8) is 0 Å². The predicted octanol–water partition coefficient (Wildman–Crippen LogP) is -0.645. The number of aliphatic carboxylic acids is 1. The van der Waals surface area contributed by atoms with Crippen molar-refractivity contribution in [1.29, 1.82) is 0 Å². The zero-order valence-electron chi connectivity index (χ0n) is 12.9. The fraction of sp³-hybridized carbons (Fsp3) is 0.583. The zero-order chi connectivity index (χ0) is 18.8. The van der Waals surface area contributed by atoms with Crippen molar-refractivity contribution in [2.45, 2.75) is 37.2 Å². The van der Waals surface area contributed by atoms with E-state index in [0.29, 0.717) is 4.57 Å². The van der Waals surface area contributed by atoms with Crippen molar-refractivity contribution in [3.05, 3.63) is 33.2 Å². The molecule has 1 saturated heterocycles. The first-order valence-corrected chi connectivity index (χ1v) is 7.01. The smallest absolute Gasteiger partial charge is 0.351 e. The monoisotopic (exact) mass is 358 g/mol. The molecule has 0 radical (unpaired) electrons. The Balaban J connectivity index is 2.32. The van der Waals surface area contributed by atoms with E-state index in [1.165, 1.54) is 13.0 Å². The number of carbonyl (C=O) groups is 1. The number of alkyl halides is 1. The van der Waals surface area contributed by atoms with Crippen LogP contribution in [0.3, 0.4) is 0 Å². The Labute approximate surface area is 139 Å². The topological polar surface area (TPSA) is 183 Å². The fourth-order valence-electron chi connectivity index (χ4n) is 2.25.